The maximum Gasteiger partial charge on any atom is 0.211 e. The maximum absolute atomic E-state index is 11.6. The summed E-state index contributed by atoms with van der Waals surface area (Å²) >= 11 is 2.01. The fraction of sp³-hybridized carbons (Fsp3) is 1.00. The molecular weight excluding hydrogens is 292 g/mol. The molecule has 1 fully saturated rings. The number of hydrogen-bond acceptors (Lipinski definition) is 4. The Labute approximate surface area is 129 Å². The first-order valence-corrected chi connectivity index (χ1v) is 10.5. The Kier molecular flexibility index (Phi) is 7.87. The SMILES string of the molecule is CCC(C)SCC(CC1CCCN(S(C)(=O)=O)C1)NC. The summed E-state index contributed by atoms with van der Waals surface area (Å²) in [7, 11) is -1.01. The highest BCUT2D eigenvalue weighted by Gasteiger charge is 2.27. The van der Waals surface area contributed by atoms with Gasteiger partial charge in [0.25, 0.3) is 0 Å². The van der Waals surface area contributed by atoms with Gasteiger partial charge in [-0.3, -0.25) is 0 Å². The molecule has 0 saturated carbocycles. The molecular formula is C14H30N2O2S2. The molecule has 3 unspecified atom stereocenters. The van der Waals surface area contributed by atoms with E-state index in [1.54, 1.807) is 4.31 Å². The van der Waals surface area contributed by atoms with Crippen LogP contribution in [0.25, 0.3) is 0 Å². The van der Waals surface area contributed by atoms with Crippen molar-refractivity contribution in [3.05, 3.63) is 0 Å². The molecule has 20 heavy (non-hydrogen) atoms. The Balaban J connectivity index is 2.44. The molecule has 4 nitrogen and oxygen atoms in total. The van der Waals surface area contributed by atoms with E-state index in [1.807, 2.05) is 18.8 Å². The molecule has 0 amide bonds. The van der Waals surface area contributed by atoms with Gasteiger partial charge in [-0.15, -0.1) is 0 Å². The van der Waals surface area contributed by atoms with Gasteiger partial charge >= 0.3 is 0 Å². The van der Waals surface area contributed by atoms with Gasteiger partial charge in [0.2, 0.25) is 10.0 Å². The van der Waals surface area contributed by atoms with Gasteiger partial charge in [0.1, 0.15) is 0 Å². The third-order valence-corrected chi connectivity index (χ3v) is 6.90. The Hall–Kier alpha value is 0.220. The van der Waals surface area contributed by atoms with Crippen LogP contribution in [0.3, 0.4) is 0 Å². The Morgan fingerprint density at radius 3 is 2.70 bits per heavy atom. The van der Waals surface area contributed by atoms with E-state index >= 15 is 0 Å². The number of rotatable bonds is 8. The molecule has 0 bridgehead atoms. The fourth-order valence-electron chi connectivity index (χ4n) is 2.59. The van der Waals surface area contributed by atoms with Gasteiger partial charge in [-0.2, -0.15) is 11.8 Å². The molecule has 1 N–H and O–H groups in total. The van der Waals surface area contributed by atoms with Gasteiger partial charge in [0.15, 0.2) is 0 Å². The molecule has 0 aromatic rings. The summed E-state index contributed by atoms with van der Waals surface area (Å²) in [5.41, 5.74) is 0. The number of piperidine rings is 1. The zero-order valence-corrected chi connectivity index (χ0v) is 14.9. The fourth-order valence-corrected chi connectivity index (χ4v) is 4.63. The first-order chi connectivity index (χ1) is 9.36. The van der Waals surface area contributed by atoms with E-state index in [-0.39, 0.29) is 0 Å². The number of thioether (sulfide) groups is 1. The van der Waals surface area contributed by atoms with Crippen molar-refractivity contribution in [1.29, 1.82) is 0 Å². The third-order valence-electron chi connectivity index (χ3n) is 4.13. The second-order valence-corrected chi connectivity index (χ2v) is 9.36. The number of hydrogen-bond donors (Lipinski definition) is 1. The van der Waals surface area contributed by atoms with E-state index in [2.05, 4.69) is 19.2 Å². The van der Waals surface area contributed by atoms with Crippen molar-refractivity contribution in [2.75, 3.05) is 32.1 Å². The summed E-state index contributed by atoms with van der Waals surface area (Å²) in [5.74, 6) is 1.61. The minimum absolute atomic E-state index is 0.485. The number of nitrogens with zero attached hydrogens (tertiary/aromatic N) is 1. The first kappa shape index (κ1) is 18.3. The van der Waals surface area contributed by atoms with Crippen molar-refractivity contribution in [2.24, 2.45) is 5.92 Å². The maximum atomic E-state index is 11.6. The van der Waals surface area contributed by atoms with E-state index in [9.17, 15) is 8.42 Å². The highest BCUT2D eigenvalue weighted by Crippen LogP contribution is 2.24. The Morgan fingerprint density at radius 2 is 2.15 bits per heavy atom. The topological polar surface area (TPSA) is 49.4 Å². The minimum Gasteiger partial charge on any atom is -0.316 e. The normalized spacial score (nSPS) is 24.5. The average Bonchev–Trinajstić information content (AvgIpc) is 2.42. The molecule has 1 saturated heterocycles. The van der Waals surface area contributed by atoms with E-state index in [1.165, 1.54) is 12.7 Å². The molecule has 0 radical (unpaired) electrons. The summed E-state index contributed by atoms with van der Waals surface area (Å²) in [6, 6.07) is 0.485. The van der Waals surface area contributed by atoms with Crippen LogP contribution in [0.4, 0.5) is 0 Å². The smallest absolute Gasteiger partial charge is 0.211 e. The minimum atomic E-state index is -3.02. The van der Waals surface area contributed by atoms with Crippen LogP contribution in [0.2, 0.25) is 0 Å². The molecule has 0 aliphatic carbocycles. The predicted molar refractivity (Wildman–Crippen MR) is 88.8 cm³/mol. The lowest BCUT2D eigenvalue weighted by atomic mass is 9.93. The van der Waals surface area contributed by atoms with E-state index in [0.717, 1.165) is 25.0 Å². The van der Waals surface area contributed by atoms with Crippen molar-refractivity contribution < 1.29 is 8.42 Å². The van der Waals surface area contributed by atoms with Crippen molar-refractivity contribution in [3.63, 3.8) is 0 Å². The second kappa shape index (κ2) is 8.61. The number of nitrogens with one attached hydrogen (secondary N) is 1. The molecule has 0 aromatic heterocycles. The van der Waals surface area contributed by atoms with Crippen LogP contribution in [0, 0.1) is 5.92 Å². The average molecular weight is 323 g/mol. The zero-order valence-electron chi connectivity index (χ0n) is 13.3. The van der Waals surface area contributed by atoms with Crippen LogP contribution < -0.4 is 5.32 Å². The van der Waals surface area contributed by atoms with Crippen molar-refractivity contribution in [2.45, 2.75) is 50.8 Å². The lowest BCUT2D eigenvalue weighted by molar-refractivity contribution is 0.244. The van der Waals surface area contributed by atoms with Gasteiger partial charge < -0.3 is 5.32 Å². The highest BCUT2D eigenvalue weighted by atomic mass is 32.2. The van der Waals surface area contributed by atoms with Crippen molar-refractivity contribution in [1.82, 2.24) is 9.62 Å². The summed E-state index contributed by atoms with van der Waals surface area (Å²) in [6.07, 6.45) is 5.74. The van der Waals surface area contributed by atoms with Crippen LogP contribution in [-0.4, -0.2) is 56.2 Å². The Bertz CT molecular complexity index is 373. The molecule has 1 heterocycles. The first-order valence-electron chi connectivity index (χ1n) is 7.60. The zero-order chi connectivity index (χ0) is 15.2. The van der Waals surface area contributed by atoms with E-state index < -0.39 is 10.0 Å². The van der Waals surface area contributed by atoms with Crippen LogP contribution >= 0.6 is 11.8 Å². The summed E-state index contributed by atoms with van der Waals surface area (Å²) in [5, 5.41) is 4.09. The van der Waals surface area contributed by atoms with Crippen LogP contribution in [0.15, 0.2) is 0 Å². The van der Waals surface area contributed by atoms with Crippen LogP contribution in [0.1, 0.15) is 39.5 Å². The monoisotopic (exact) mass is 322 g/mol. The van der Waals surface area contributed by atoms with E-state index in [0.29, 0.717) is 30.3 Å². The quantitative estimate of drug-likeness (QED) is 0.744. The van der Waals surface area contributed by atoms with Gasteiger partial charge in [0.05, 0.1) is 6.26 Å². The van der Waals surface area contributed by atoms with Gasteiger partial charge in [-0.1, -0.05) is 13.8 Å². The van der Waals surface area contributed by atoms with Gasteiger partial charge in [-0.05, 0) is 38.6 Å². The third kappa shape index (κ3) is 6.33. The van der Waals surface area contributed by atoms with Crippen molar-refractivity contribution in [3.8, 4) is 0 Å². The summed E-state index contributed by atoms with van der Waals surface area (Å²) in [4.78, 5) is 0. The summed E-state index contributed by atoms with van der Waals surface area (Å²) in [6.45, 7) is 5.88. The molecule has 1 rings (SSSR count). The molecule has 3 atom stereocenters. The van der Waals surface area contributed by atoms with Crippen LogP contribution in [-0.2, 0) is 10.0 Å². The van der Waals surface area contributed by atoms with E-state index in [4.69, 9.17) is 0 Å². The number of sulfonamides is 1. The predicted octanol–water partition coefficient (Wildman–Crippen LogP) is 2.17. The van der Waals surface area contributed by atoms with Gasteiger partial charge in [0, 0.05) is 30.1 Å². The lowest BCUT2D eigenvalue weighted by Crippen LogP contribution is -2.42. The standard InChI is InChI=1S/C14H30N2O2S2/c1-5-12(2)19-11-14(15-3)9-13-7-6-8-16(10-13)20(4,17)18/h12-15H,5-11H2,1-4H3. The van der Waals surface area contributed by atoms with Crippen molar-refractivity contribution >= 4 is 21.8 Å². The van der Waals surface area contributed by atoms with Crippen LogP contribution in [0.5, 0.6) is 0 Å². The molecule has 0 aromatic carbocycles. The molecule has 0 spiro atoms. The largest absolute Gasteiger partial charge is 0.316 e. The molecule has 1 aliphatic heterocycles. The highest BCUT2D eigenvalue weighted by molar-refractivity contribution is 7.99. The molecule has 6 heteroatoms. The lowest BCUT2D eigenvalue weighted by Gasteiger charge is -2.33. The molecule has 1 aliphatic rings. The summed E-state index contributed by atoms with van der Waals surface area (Å²) < 4.78 is 24.9. The Morgan fingerprint density at radius 1 is 1.45 bits per heavy atom. The van der Waals surface area contributed by atoms with Gasteiger partial charge in [-0.25, -0.2) is 12.7 Å². The molecule has 120 valence electrons. The second-order valence-electron chi connectivity index (χ2n) is 5.90.